The maximum atomic E-state index is 12.1. The minimum atomic E-state index is -5.08. The highest BCUT2D eigenvalue weighted by Gasteiger charge is 2.49. The number of nitrogens with one attached hydrogen (secondary N) is 1. The van der Waals surface area contributed by atoms with E-state index in [2.05, 4.69) is 15.4 Å². The summed E-state index contributed by atoms with van der Waals surface area (Å²) in [6, 6.07) is -0.205. The first-order valence-electron chi connectivity index (χ1n) is 9.31. The maximum absolute atomic E-state index is 12.1. The first-order chi connectivity index (χ1) is 13.9. The highest BCUT2D eigenvalue weighted by atomic mass is 19.4. The van der Waals surface area contributed by atoms with Gasteiger partial charge in [-0.1, -0.05) is 5.16 Å². The van der Waals surface area contributed by atoms with Gasteiger partial charge in [-0.25, -0.2) is 4.79 Å². The zero-order chi connectivity index (χ0) is 22.8. The molecule has 9 nitrogen and oxygen atoms in total. The van der Waals surface area contributed by atoms with E-state index in [0.29, 0.717) is 5.92 Å². The number of likely N-dealkylation sites (N-methyl/N-ethyl adjacent to an activating group) is 1. The molecule has 0 spiro atoms. The molecule has 12 heteroatoms. The van der Waals surface area contributed by atoms with Gasteiger partial charge in [0.1, 0.15) is 11.8 Å². The fourth-order valence-electron chi connectivity index (χ4n) is 4.05. The third-order valence-electron chi connectivity index (χ3n) is 5.42. The summed E-state index contributed by atoms with van der Waals surface area (Å²) in [5.74, 6) is -1.64. The fourth-order valence-corrected chi connectivity index (χ4v) is 4.05. The molecular weight excluding hydrogens is 409 g/mol. The Kier molecular flexibility index (Phi) is 7.11. The lowest BCUT2D eigenvalue weighted by molar-refractivity contribution is -0.192. The van der Waals surface area contributed by atoms with Crippen molar-refractivity contribution in [2.45, 2.75) is 52.0 Å². The standard InChI is InChI=1S/C16H24N4O3.C2HF3O2/c1-9-13(10(2)23-18-9)7-19-6-12-5-14(16(22)17-4)20(11(3)21)15(12)8-19;3-2(4,5)1(6)7/h12,14-15H,5-8H2,1-4H3,(H,17,22);(H,6,7)/t12-,14-,15+;/m1./s1. The molecule has 2 aliphatic rings. The number of carboxylic acids is 1. The van der Waals surface area contributed by atoms with Crippen LogP contribution >= 0.6 is 0 Å². The normalized spacial score (nSPS) is 23.6. The van der Waals surface area contributed by atoms with Gasteiger partial charge in [0.25, 0.3) is 0 Å². The number of amides is 2. The van der Waals surface area contributed by atoms with Gasteiger partial charge >= 0.3 is 12.1 Å². The Morgan fingerprint density at radius 2 is 1.87 bits per heavy atom. The average Bonchev–Trinajstić information content (AvgIpc) is 3.28. The molecule has 1 aromatic heterocycles. The van der Waals surface area contributed by atoms with E-state index in [9.17, 15) is 22.8 Å². The zero-order valence-corrected chi connectivity index (χ0v) is 17.1. The third kappa shape index (κ3) is 5.10. The SMILES string of the molecule is CNC(=O)[C@H]1C[C@@H]2CN(Cc3c(C)noc3C)C[C@@H]2N1C(C)=O.O=C(O)C(F)(F)F. The van der Waals surface area contributed by atoms with Crippen molar-refractivity contribution in [3.63, 3.8) is 0 Å². The second-order valence-electron chi connectivity index (χ2n) is 7.42. The first kappa shape index (κ1) is 23.6. The predicted octanol–water partition coefficient (Wildman–Crippen LogP) is 1.09. The summed E-state index contributed by atoms with van der Waals surface area (Å²) in [6.45, 7) is 7.90. The van der Waals surface area contributed by atoms with E-state index in [1.807, 2.05) is 13.8 Å². The van der Waals surface area contributed by atoms with Gasteiger partial charge in [0.2, 0.25) is 11.8 Å². The van der Waals surface area contributed by atoms with Crippen LogP contribution in [0.1, 0.15) is 30.4 Å². The van der Waals surface area contributed by atoms with E-state index in [-0.39, 0.29) is 23.9 Å². The number of aryl methyl sites for hydroxylation is 2. The quantitative estimate of drug-likeness (QED) is 0.732. The minimum absolute atomic E-state index is 0.0229. The average molecular weight is 434 g/mol. The Hall–Kier alpha value is -2.63. The molecule has 2 saturated heterocycles. The molecule has 0 aliphatic carbocycles. The van der Waals surface area contributed by atoms with Gasteiger partial charge in [-0.05, 0) is 26.2 Å². The largest absolute Gasteiger partial charge is 0.490 e. The van der Waals surface area contributed by atoms with Crippen LogP contribution in [0.5, 0.6) is 0 Å². The van der Waals surface area contributed by atoms with E-state index >= 15 is 0 Å². The van der Waals surface area contributed by atoms with Crippen molar-refractivity contribution in [3.05, 3.63) is 17.0 Å². The Morgan fingerprint density at radius 3 is 2.30 bits per heavy atom. The van der Waals surface area contributed by atoms with E-state index in [1.54, 1.807) is 18.9 Å². The zero-order valence-electron chi connectivity index (χ0n) is 17.1. The summed E-state index contributed by atoms with van der Waals surface area (Å²) in [5.41, 5.74) is 2.05. The number of carbonyl (C=O) groups excluding carboxylic acids is 2. The van der Waals surface area contributed by atoms with Gasteiger partial charge in [0, 0.05) is 45.2 Å². The second-order valence-corrected chi connectivity index (χ2v) is 7.42. The lowest BCUT2D eigenvalue weighted by Crippen LogP contribution is -2.49. The van der Waals surface area contributed by atoms with E-state index in [4.69, 9.17) is 14.4 Å². The van der Waals surface area contributed by atoms with Crippen LogP contribution in [0.4, 0.5) is 13.2 Å². The molecule has 0 radical (unpaired) electrons. The number of rotatable bonds is 3. The highest BCUT2D eigenvalue weighted by Crippen LogP contribution is 2.36. The monoisotopic (exact) mass is 434 g/mol. The number of likely N-dealkylation sites (tertiary alicyclic amines) is 2. The number of aliphatic carboxylic acids is 1. The summed E-state index contributed by atoms with van der Waals surface area (Å²) >= 11 is 0. The van der Waals surface area contributed by atoms with E-state index < -0.39 is 12.1 Å². The van der Waals surface area contributed by atoms with Crippen molar-refractivity contribution in [3.8, 4) is 0 Å². The molecule has 168 valence electrons. The van der Waals surface area contributed by atoms with Gasteiger partial charge in [-0.3, -0.25) is 14.5 Å². The number of hydrogen-bond acceptors (Lipinski definition) is 6. The summed E-state index contributed by atoms with van der Waals surface area (Å²) in [7, 11) is 1.62. The topological polar surface area (TPSA) is 116 Å². The number of halogens is 3. The van der Waals surface area contributed by atoms with Crippen LogP contribution in [0.3, 0.4) is 0 Å². The number of hydrogen-bond donors (Lipinski definition) is 2. The number of fused-ring (bicyclic) bond motifs is 1. The van der Waals surface area contributed by atoms with Gasteiger partial charge in [0.15, 0.2) is 0 Å². The minimum Gasteiger partial charge on any atom is -0.475 e. The number of aromatic nitrogens is 1. The van der Waals surface area contributed by atoms with Gasteiger partial charge in [-0.2, -0.15) is 13.2 Å². The van der Waals surface area contributed by atoms with E-state index in [1.165, 1.54) is 0 Å². The summed E-state index contributed by atoms with van der Waals surface area (Å²) in [5, 5.41) is 13.8. The molecule has 0 bridgehead atoms. The van der Waals surface area contributed by atoms with Crippen LogP contribution in [-0.4, -0.2) is 76.2 Å². The first-order valence-corrected chi connectivity index (χ1v) is 9.31. The van der Waals surface area contributed by atoms with Crippen LogP contribution in [0.2, 0.25) is 0 Å². The van der Waals surface area contributed by atoms with Gasteiger partial charge in [-0.15, -0.1) is 0 Å². The third-order valence-corrected chi connectivity index (χ3v) is 5.42. The summed E-state index contributed by atoms with van der Waals surface area (Å²) < 4.78 is 37.0. The lowest BCUT2D eigenvalue weighted by atomic mass is 10.0. The fraction of sp³-hybridized carbons (Fsp3) is 0.667. The Labute approximate surface area is 171 Å². The molecule has 30 heavy (non-hydrogen) atoms. The van der Waals surface area contributed by atoms with Crippen molar-refractivity contribution in [1.82, 2.24) is 20.3 Å². The van der Waals surface area contributed by atoms with Crippen LogP contribution in [0.25, 0.3) is 0 Å². The van der Waals surface area contributed by atoms with E-state index in [0.717, 1.165) is 43.1 Å². The molecule has 1 aromatic rings. The smallest absolute Gasteiger partial charge is 0.475 e. The number of carboxylic acid groups (broad SMARTS) is 1. The molecule has 2 N–H and O–H groups in total. The number of nitrogens with zero attached hydrogens (tertiary/aromatic N) is 3. The highest BCUT2D eigenvalue weighted by molar-refractivity contribution is 5.87. The molecular formula is C18H25F3N4O5. The van der Waals surface area contributed by atoms with Crippen LogP contribution in [0, 0.1) is 19.8 Å². The molecule has 0 saturated carbocycles. The van der Waals surface area contributed by atoms with Gasteiger partial charge in [0.05, 0.1) is 5.69 Å². The van der Waals surface area contributed by atoms with Crippen molar-refractivity contribution >= 4 is 17.8 Å². The van der Waals surface area contributed by atoms with Crippen molar-refractivity contribution < 1.29 is 37.2 Å². The Bertz CT molecular complexity index is 791. The Morgan fingerprint density at radius 1 is 1.27 bits per heavy atom. The molecule has 2 fully saturated rings. The molecule has 3 atom stereocenters. The molecule has 0 unspecified atom stereocenters. The molecule has 0 aromatic carbocycles. The maximum Gasteiger partial charge on any atom is 0.490 e. The van der Waals surface area contributed by atoms with Crippen LogP contribution in [-0.2, 0) is 20.9 Å². The van der Waals surface area contributed by atoms with Crippen molar-refractivity contribution in [2.24, 2.45) is 5.92 Å². The summed E-state index contributed by atoms with van der Waals surface area (Å²) in [6.07, 6.45) is -4.35. The summed E-state index contributed by atoms with van der Waals surface area (Å²) in [4.78, 5) is 37.1. The second kappa shape index (κ2) is 9.02. The predicted molar refractivity (Wildman–Crippen MR) is 97.2 cm³/mol. The number of carbonyl (C=O) groups is 3. The molecule has 3 rings (SSSR count). The molecule has 2 aliphatic heterocycles. The van der Waals surface area contributed by atoms with Crippen LogP contribution < -0.4 is 5.32 Å². The lowest BCUT2D eigenvalue weighted by Gasteiger charge is -2.28. The Balaban J connectivity index is 0.000000396. The number of alkyl halides is 3. The van der Waals surface area contributed by atoms with Crippen molar-refractivity contribution in [2.75, 3.05) is 20.1 Å². The molecule has 2 amide bonds. The molecule has 3 heterocycles. The van der Waals surface area contributed by atoms with Crippen molar-refractivity contribution in [1.29, 1.82) is 0 Å². The van der Waals surface area contributed by atoms with Crippen LogP contribution in [0.15, 0.2) is 4.52 Å². The van der Waals surface area contributed by atoms with Gasteiger partial charge < -0.3 is 19.8 Å².